The number of rotatable bonds is 6. The number of primary sulfonamides is 2. The first kappa shape index (κ1) is 28.6. The summed E-state index contributed by atoms with van der Waals surface area (Å²) >= 11 is 0. The van der Waals surface area contributed by atoms with Crippen molar-refractivity contribution in [2.75, 3.05) is 0 Å². The van der Waals surface area contributed by atoms with Crippen molar-refractivity contribution in [3.8, 4) is 11.1 Å². The molecule has 0 spiro atoms. The van der Waals surface area contributed by atoms with Gasteiger partial charge in [0.05, 0.1) is 11.4 Å². The molecule has 0 fully saturated rings. The average molecular weight is 633 g/mol. The lowest BCUT2D eigenvalue weighted by molar-refractivity contribution is 0.597. The van der Waals surface area contributed by atoms with Crippen molar-refractivity contribution in [3.63, 3.8) is 0 Å². The van der Waals surface area contributed by atoms with Crippen molar-refractivity contribution >= 4 is 64.3 Å². The van der Waals surface area contributed by atoms with Gasteiger partial charge in [-0.2, -0.15) is 10.2 Å². The van der Waals surface area contributed by atoms with Crippen molar-refractivity contribution in [2.45, 2.75) is 16.2 Å². The fourth-order valence-electron chi connectivity index (χ4n) is 5.75. The molecule has 6 aromatic carbocycles. The molecule has 1 aliphatic carbocycles. The zero-order valence-corrected chi connectivity index (χ0v) is 25.1. The summed E-state index contributed by atoms with van der Waals surface area (Å²) in [4.78, 5) is -0.140. The molecule has 4 N–H and O–H groups in total. The second kappa shape index (κ2) is 10.8. The number of fused-ring (bicyclic) bond motifs is 5. The summed E-state index contributed by atoms with van der Waals surface area (Å²) in [5.74, 6) is 0. The maximum Gasteiger partial charge on any atom is 0.240 e. The summed E-state index contributed by atoms with van der Waals surface area (Å²) < 4.78 is 49.8. The molecule has 0 aromatic heterocycles. The van der Waals surface area contributed by atoms with Gasteiger partial charge in [0.25, 0.3) is 0 Å². The lowest BCUT2D eigenvalue weighted by Crippen LogP contribution is -2.12. The molecule has 0 saturated carbocycles. The van der Waals surface area contributed by atoms with Crippen LogP contribution in [0.5, 0.6) is 0 Å². The molecule has 0 heterocycles. The second-order valence-corrected chi connectivity index (χ2v) is 13.6. The van der Waals surface area contributed by atoms with Gasteiger partial charge in [0, 0.05) is 10.8 Å². The lowest BCUT2D eigenvalue weighted by atomic mass is 10.1. The molecular weight excluding hydrogens is 609 g/mol. The largest absolute Gasteiger partial charge is 0.240 e. The third-order valence-corrected chi connectivity index (χ3v) is 9.68. The van der Waals surface area contributed by atoms with E-state index >= 15 is 0 Å². The highest BCUT2D eigenvalue weighted by Gasteiger charge is 2.21. The van der Waals surface area contributed by atoms with Gasteiger partial charge in [0.15, 0.2) is 0 Å². The van der Waals surface area contributed by atoms with Gasteiger partial charge in [0.1, 0.15) is 21.2 Å². The Hall–Kier alpha value is -5.14. The molecule has 1 aliphatic rings. The van der Waals surface area contributed by atoms with E-state index in [1.54, 1.807) is 60.7 Å². The van der Waals surface area contributed by atoms with E-state index in [0.717, 1.165) is 33.0 Å². The van der Waals surface area contributed by atoms with Crippen molar-refractivity contribution in [3.05, 3.63) is 120 Å². The zero-order chi connectivity index (χ0) is 31.3. The Bertz CT molecular complexity index is 2300. The van der Waals surface area contributed by atoms with E-state index in [-0.39, 0.29) is 21.2 Å². The molecule has 45 heavy (non-hydrogen) atoms. The van der Waals surface area contributed by atoms with Crippen LogP contribution in [0.2, 0.25) is 0 Å². The Morgan fingerprint density at radius 3 is 1.33 bits per heavy atom. The highest BCUT2D eigenvalue weighted by molar-refractivity contribution is 7.89. The number of hydrogen-bond acceptors (Lipinski definition) is 8. The maximum atomic E-state index is 12.5. The van der Waals surface area contributed by atoms with Crippen LogP contribution < -0.4 is 10.3 Å². The van der Waals surface area contributed by atoms with Gasteiger partial charge in [-0.25, -0.2) is 27.1 Å². The van der Waals surface area contributed by atoms with Gasteiger partial charge in [0.2, 0.25) is 20.0 Å². The van der Waals surface area contributed by atoms with Crippen LogP contribution in [0.15, 0.2) is 139 Å². The first-order valence-corrected chi connectivity index (χ1v) is 16.8. The quantitative estimate of drug-likeness (QED) is 0.179. The van der Waals surface area contributed by atoms with Gasteiger partial charge in [-0.3, -0.25) is 0 Å². The van der Waals surface area contributed by atoms with E-state index < -0.39 is 20.0 Å². The summed E-state index contributed by atoms with van der Waals surface area (Å²) in [6, 6.07) is 32.2. The lowest BCUT2D eigenvalue weighted by Gasteiger charge is -2.07. The summed E-state index contributed by atoms with van der Waals surface area (Å²) in [6.07, 6.45) is 0.605. The van der Waals surface area contributed by atoms with E-state index in [2.05, 4.69) is 20.5 Å². The third-order valence-electron chi connectivity index (χ3n) is 7.68. The molecule has 0 saturated heterocycles. The molecule has 0 radical (unpaired) electrons. The minimum atomic E-state index is -4.06. The minimum Gasteiger partial charge on any atom is -0.225 e. The molecule has 0 amide bonds. The van der Waals surface area contributed by atoms with Gasteiger partial charge in [-0.05, 0) is 75.8 Å². The minimum absolute atomic E-state index is 0.0699. The Balaban J connectivity index is 1.17. The number of nitrogens with zero attached hydrogens (tertiary/aromatic N) is 4. The molecule has 12 heteroatoms. The molecule has 0 bridgehead atoms. The first-order valence-electron chi connectivity index (χ1n) is 13.7. The van der Waals surface area contributed by atoms with E-state index in [1.165, 1.54) is 0 Å². The van der Waals surface area contributed by atoms with Gasteiger partial charge in [-0.15, -0.1) is 10.2 Å². The van der Waals surface area contributed by atoms with Gasteiger partial charge >= 0.3 is 0 Å². The predicted molar refractivity (Wildman–Crippen MR) is 174 cm³/mol. The molecule has 10 nitrogen and oxygen atoms in total. The number of hydrogen-bond donors (Lipinski definition) is 2. The SMILES string of the molecule is NS(=O)(=O)c1c(N=Nc2ccc3c(c2)Cc2cc(N=Nc4ccc5ccccc5c4S(N)(=O)=O)ccc2-3)ccc2ccccc12. The second-order valence-electron chi connectivity index (χ2n) is 10.6. The van der Waals surface area contributed by atoms with Crippen molar-refractivity contribution in [1.82, 2.24) is 0 Å². The Morgan fingerprint density at radius 1 is 0.489 bits per heavy atom. The van der Waals surface area contributed by atoms with Crippen LogP contribution in [0.3, 0.4) is 0 Å². The molecule has 7 rings (SSSR count). The fraction of sp³-hybridized carbons (Fsp3) is 0.0303. The summed E-state index contributed by atoms with van der Waals surface area (Å²) in [7, 11) is -8.13. The monoisotopic (exact) mass is 632 g/mol. The highest BCUT2D eigenvalue weighted by Crippen LogP contribution is 2.41. The summed E-state index contributed by atoms with van der Waals surface area (Å²) in [5.41, 5.74) is 5.55. The number of nitrogens with two attached hydrogens (primary N) is 2. The normalized spacial score (nSPS) is 13.2. The highest BCUT2D eigenvalue weighted by atomic mass is 32.2. The van der Waals surface area contributed by atoms with Crippen LogP contribution in [0.25, 0.3) is 32.7 Å². The number of azo groups is 2. The third kappa shape index (κ3) is 5.40. The Labute approximate surface area is 258 Å². The molecule has 6 aromatic rings. The molecule has 0 aliphatic heterocycles. The van der Waals surface area contributed by atoms with E-state index in [4.69, 9.17) is 10.3 Å². The van der Waals surface area contributed by atoms with Crippen LogP contribution in [-0.2, 0) is 26.5 Å². The first-order chi connectivity index (χ1) is 21.6. The summed E-state index contributed by atoms with van der Waals surface area (Å²) in [5, 5.41) is 30.7. The Morgan fingerprint density at radius 2 is 0.911 bits per heavy atom. The van der Waals surface area contributed by atoms with Gasteiger partial charge in [-0.1, -0.05) is 72.8 Å². The predicted octanol–water partition coefficient (Wildman–Crippen LogP) is 7.69. The average Bonchev–Trinajstić information content (AvgIpc) is 3.38. The molecule has 0 unspecified atom stereocenters. The molecular formula is C33H24N6O4S2. The van der Waals surface area contributed by atoms with Crippen LogP contribution in [0, 0.1) is 0 Å². The van der Waals surface area contributed by atoms with Crippen molar-refractivity contribution < 1.29 is 16.8 Å². The molecule has 222 valence electrons. The number of benzene rings is 6. The zero-order valence-electron chi connectivity index (χ0n) is 23.5. The van der Waals surface area contributed by atoms with Gasteiger partial charge < -0.3 is 0 Å². The fourth-order valence-corrected chi connectivity index (χ4v) is 7.54. The topological polar surface area (TPSA) is 170 Å². The standard InChI is InChI=1S/C33H24N6O4S2/c34-44(40,41)32-28-7-3-1-5-20(28)9-15-30(32)38-36-24-11-13-26-22(18-24)17-23-19-25(12-14-27(23)26)37-39-31-16-10-21-6-2-4-8-29(21)33(31)45(35,42)43/h1-16,18-19H,17H2,(H2,34,40,41)(H2,35,42,43). The smallest absolute Gasteiger partial charge is 0.225 e. The van der Waals surface area contributed by atoms with Crippen LogP contribution in [-0.4, -0.2) is 16.8 Å². The number of sulfonamides is 2. The Kier molecular flexibility index (Phi) is 6.86. The summed E-state index contributed by atoms with van der Waals surface area (Å²) in [6.45, 7) is 0. The van der Waals surface area contributed by atoms with Crippen LogP contribution in [0.4, 0.5) is 22.7 Å². The van der Waals surface area contributed by atoms with E-state index in [9.17, 15) is 16.8 Å². The van der Waals surface area contributed by atoms with E-state index in [0.29, 0.717) is 28.6 Å². The van der Waals surface area contributed by atoms with E-state index in [1.807, 2.05) is 48.5 Å². The van der Waals surface area contributed by atoms with Crippen LogP contribution in [0.1, 0.15) is 11.1 Å². The van der Waals surface area contributed by atoms with Crippen molar-refractivity contribution in [1.29, 1.82) is 0 Å². The van der Waals surface area contributed by atoms with Crippen molar-refractivity contribution in [2.24, 2.45) is 30.7 Å². The maximum absolute atomic E-state index is 12.5. The van der Waals surface area contributed by atoms with Crippen LogP contribution >= 0.6 is 0 Å². The molecule has 0 atom stereocenters.